The number of hydrogen-bond donors (Lipinski definition) is 1. The van der Waals surface area contributed by atoms with Gasteiger partial charge in [-0.05, 0) is 105 Å². The minimum absolute atomic E-state index is 0.164. The fraction of sp³-hybridized carbons (Fsp3) is 0.241. The van der Waals surface area contributed by atoms with Gasteiger partial charge in [0.1, 0.15) is 11.8 Å². The number of anilines is 1. The highest BCUT2D eigenvalue weighted by atomic mass is 35.5. The zero-order valence-corrected chi connectivity index (χ0v) is 22.4. The van der Waals surface area contributed by atoms with Crippen LogP contribution in [0.25, 0.3) is 5.69 Å². The number of nitrogens with zero attached hydrogens (tertiary/aromatic N) is 3. The SMILES string of the molecule is S=C1N[C@H](c2ccccn2)[C@@H](c2cccn2-c2ccc(Cl)cc2Cl)N1c1ccc(OC2CCCC2)cc1. The van der Waals surface area contributed by atoms with Gasteiger partial charge in [0.25, 0.3) is 0 Å². The first-order valence-corrected chi connectivity index (χ1v) is 13.6. The average molecular weight is 550 g/mol. The lowest BCUT2D eigenvalue weighted by Gasteiger charge is -2.29. The molecular weight excluding hydrogens is 523 g/mol. The number of ether oxygens (including phenoxy) is 1. The molecule has 5 nitrogen and oxygen atoms in total. The molecule has 0 bridgehead atoms. The zero-order chi connectivity index (χ0) is 25.4. The Labute approximate surface area is 232 Å². The highest BCUT2D eigenvalue weighted by Gasteiger charge is 2.42. The topological polar surface area (TPSA) is 42.3 Å². The Morgan fingerprint density at radius 2 is 1.76 bits per heavy atom. The second kappa shape index (κ2) is 10.4. The predicted molar refractivity (Wildman–Crippen MR) is 153 cm³/mol. The van der Waals surface area contributed by atoms with E-state index in [1.165, 1.54) is 12.8 Å². The van der Waals surface area contributed by atoms with Gasteiger partial charge in [0.05, 0.1) is 28.5 Å². The van der Waals surface area contributed by atoms with E-state index in [9.17, 15) is 0 Å². The van der Waals surface area contributed by atoms with E-state index in [1.54, 1.807) is 6.07 Å². The first-order chi connectivity index (χ1) is 18.1. The van der Waals surface area contributed by atoms with Crippen LogP contribution in [0.2, 0.25) is 10.0 Å². The van der Waals surface area contributed by atoms with Crippen LogP contribution in [-0.4, -0.2) is 20.8 Å². The third-order valence-electron chi connectivity index (χ3n) is 7.07. The molecule has 4 aromatic rings. The molecule has 1 N–H and O–H groups in total. The Hall–Kier alpha value is -3.06. The number of aromatic nitrogens is 2. The van der Waals surface area contributed by atoms with Gasteiger partial charge >= 0.3 is 0 Å². The fourth-order valence-corrected chi connectivity index (χ4v) is 6.19. The molecule has 2 fully saturated rings. The van der Waals surface area contributed by atoms with Crippen molar-refractivity contribution >= 4 is 46.2 Å². The summed E-state index contributed by atoms with van der Waals surface area (Å²) in [5.41, 5.74) is 3.77. The van der Waals surface area contributed by atoms with Gasteiger partial charge in [-0.25, -0.2) is 0 Å². The van der Waals surface area contributed by atoms with Gasteiger partial charge in [0.2, 0.25) is 0 Å². The standard InChI is InChI=1S/C29H26Cl2N4OS/c30-19-10-15-25(23(31)18-19)34-17-5-9-26(34)28-27(24-8-3-4-16-32-24)33-29(37)35(28)20-11-13-22(14-12-20)36-21-6-1-2-7-21/h3-5,8-18,21,27-28H,1-2,6-7H2,(H,33,37)/t27-,28-/m1/s1. The first-order valence-electron chi connectivity index (χ1n) is 12.5. The van der Waals surface area contributed by atoms with Crippen LogP contribution in [0.1, 0.15) is 49.2 Å². The molecule has 1 aliphatic carbocycles. The van der Waals surface area contributed by atoms with E-state index < -0.39 is 0 Å². The van der Waals surface area contributed by atoms with Crippen LogP contribution >= 0.6 is 35.4 Å². The van der Waals surface area contributed by atoms with E-state index in [-0.39, 0.29) is 12.1 Å². The minimum Gasteiger partial charge on any atom is -0.490 e. The van der Waals surface area contributed by atoms with Crippen molar-refractivity contribution in [2.75, 3.05) is 4.90 Å². The van der Waals surface area contributed by atoms with Crippen molar-refractivity contribution < 1.29 is 4.74 Å². The molecule has 37 heavy (non-hydrogen) atoms. The minimum atomic E-state index is -0.175. The second-order valence-corrected chi connectivity index (χ2v) is 10.6. The highest BCUT2D eigenvalue weighted by Crippen LogP contribution is 2.43. The van der Waals surface area contributed by atoms with Gasteiger partial charge in [-0.15, -0.1) is 0 Å². The first kappa shape index (κ1) is 24.3. The Bertz CT molecular complexity index is 1400. The summed E-state index contributed by atoms with van der Waals surface area (Å²) >= 11 is 18.7. The van der Waals surface area contributed by atoms with Crippen molar-refractivity contribution in [2.24, 2.45) is 0 Å². The van der Waals surface area contributed by atoms with Crippen molar-refractivity contribution in [2.45, 2.75) is 43.9 Å². The van der Waals surface area contributed by atoms with Crippen molar-refractivity contribution in [1.82, 2.24) is 14.9 Å². The van der Waals surface area contributed by atoms with Crippen LogP contribution in [0.15, 0.2) is 85.2 Å². The summed E-state index contributed by atoms with van der Waals surface area (Å²) in [5.74, 6) is 0.892. The molecular formula is C29H26Cl2N4OS. The molecule has 1 saturated heterocycles. The fourth-order valence-electron chi connectivity index (χ4n) is 5.35. The third-order valence-corrected chi connectivity index (χ3v) is 7.92. The van der Waals surface area contributed by atoms with Crippen LogP contribution in [0, 0.1) is 0 Å². The molecule has 8 heteroatoms. The maximum absolute atomic E-state index is 6.64. The summed E-state index contributed by atoms with van der Waals surface area (Å²) in [6.45, 7) is 0. The van der Waals surface area contributed by atoms with Crippen LogP contribution in [-0.2, 0) is 0 Å². The van der Waals surface area contributed by atoms with Crippen LogP contribution in [0.3, 0.4) is 0 Å². The summed E-state index contributed by atoms with van der Waals surface area (Å²) in [6.07, 6.45) is 8.87. The van der Waals surface area contributed by atoms with Gasteiger partial charge in [-0.2, -0.15) is 0 Å². The van der Waals surface area contributed by atoms with Gasteiger partial charge in [0, 0.05) is 28.8 Å². The summed E-state index contributed by atoms with van der Waals surface area (Å²) in [7, 11) is 0. The number of rotatable bonds is 6. The van der Waals surface area contributed by atoms with Crippen LogP contribution < -0.4 is 15.0 Å². The van der Waals surface area contributed by atoms with Gasteiger partial charge in [0.15, 0.2) is 5.11 Å². The van der Waals surface area contributed by atoms with E-state index >= 15 is 0 Å². The second-order valence-electron chi connectivity index (χ2n) is 9.41. The lowest BCUT2D eigenvalue weighted by atomic mass is 10.0. The molecule has 0 amide bonds. The van der Waals surface area contributed by atoms with E-state index in [0.717, 1.165) is 41.4 Å². The Kier molecular flexibility index (Phi) is 6.80. The van der Waals surface area contributed by atoms with Gasteiger partial charge in [-0.1, -0.05) is 29.3 Å². The van der Waals surface area contributed by atoms with E-state index in [1.807, 2.05) is 60.9 Å². The molecule has 2 aliphatic rings. The van der Waals surface area contributed by atoms with Crippen LogP contribution in [0.5, 0.6) is 5.75 Å². The lowest BCUT2D eigenvalue weighted by Crippen LogP contribution is -2.30. The number of pyridine rings is 1. The Morgan fingerprint density at radius 3 is 2.49 bits per heavy atom. The zero-order valence-electron chi connectivity index (χ0n) is 20.1. The summed E-state index contributed by atoms with van der Waals surface area (Å²) in [4.78, 5) is 6.82. The molecule has 2 aromatic heterocycles. The van der Waals surface area contributed by atoms with Crippen molar-refractivity contribution in [3.8, 4) is 11.4 Å². The third kappa shape index (κ3) is 4.81. The maximum atomic E-state index is 6.64. The van der Waals surface area contributed by atoms with E-state index in [2.05, 4.69) is 38.0 Å². The molecule has 2 atom stereocenters. The molecule has 0 spiro atoms. The van der Waals surface area contributed by atoms with Crippen LogP contribution in [0.4, 0.5) is 5.69 Å². The summed E-state index contributed by atoms with van der Waals surface area (Å²) < 4.78 is 8.30. The normalized spacial score (nSPS) is 19.8. The largest absolute Gasteiger partial charge is 0.490 e. The Balaban J connectivity index is 1.41. The lowest BCUT2D eigenvalue weighted by molar-refractivity contribution is 0.210. The quantitative estimate of drug-likeness (QED) is 0.250. The molecule has 0 unspecified atom stereocenters. The van der Waals surface area contributed by atoms with E-state index in [0.29, 0.717) is 21.3 Å². The molecule has 3 heterocycles. The molecule has 6 rings (SSSR count). The molecule has 1 aliphatic heterocycles. The molecule has 188 valence electrons. The average Bonchev–Trinajstić information content (AvgIpc) is 3.66. The Morgan fingerprint density at radius 1 is 0.946 bits per heavy atom. The number of thiocarbonyl (C=S) groups is 1. The number of halogens is 2. The summed E-state index contributed by atoms with van der Waals surface area (Å²) in [5, 5.41) is 5.34. The maximum Gasteiger partial charge on any atom is 0.174 e. The molecule has 0 radical (unpaired) electrons. The number of hydrogen-bond acceptors (Lipinski definition) is 3. The summed E-state index contributed by atoms with van der Waals surface area (Å²) in [6, 6.07) is 23.5. The van der Waals surface area contributed by atoms with Crippen molar-refractivity contribution in [3.05, 3.63) is 107 Å². The highest BCUT2D eigenvalue weighted by molar-refractivity contribution is 7.80. The predicted octanol–water partition coefficient (Wildman–Crippen LogP) is 7.68. The smallest absolute Gasteiger partial charge is 0.174 e. The van der Waals surface area contributed by atoms with Gasteiger partial charge in [-0.3, -0.25) is 4.98 Å². The molecule has 1 saturated carbocycles. The van der Waals surface area contributed by atoms with Gasteiger partial charge < -0.3 is 19.5 Å². The van der Waals surface area contributed by atoms with Crippen molar-refractivity contribution in [1.29, 1.82) is 0 Å². The van der Waals surface area contributed by atoms with Crippen molar-refractivity contribution in [3.63, 3.8) is 0 Å². The van der Waals surface area contributed by atoms with E-state index in [4.69, 9.17) is 40.2 Å². The number of nitrogens with one attached hydrogen (secondary N) is 1. The molecule has 2 aromatic carbocycles. The number of benzene rings is 2. The monoisotopic (exact) mass is 548 g/mol.